The zero-order valence-corrected chi connectivity index (χ0v) is 10.8. The molecule has 90 valence electrons. The molecule has 1 heterocycles. The molecule has 1 rings (SSSR count). The predicted octanol–water partition coefficient (Wildman–Crippen LogP) is 1.51. The summed E-state index contributed by atoms with van der Waals surface area (Å²) in [6.07, 6.45) is 3.50. The fraction of sp³-hybridized carbons (Fsp3) is 1.00. The van der Waals surface area contributed by atoms with Crippen LogP contribution in [0.25, 0.3) is 0 Å². The molecule has 0 aromatic carbocycles. The van der Waals surface area contributed by atoms with Crippen LogP contribution >= 0.6 is 12.2 Å². The van der Waals surface area contributed by atoms with E-state index < -0.39 is 0 Å². The van der Waals surface area contributed by atoms with E-state index in [1.54, 1.807) is 0 Å². The quantitative estimate of drug-likeness (QED) is 0.325. The van der Waals surface area contributed by atoms with Crippen LogP contribution in [-0.4, -0.2) is 49.1 Å². The molecular formula is C10H23N3OS. The van der Waals surface area contributed by atoms with Crippen LogP contribution in [-0.2, 0) is 4.18 Å². The minimum absolute atomic E-state index is 0.601. The van der Waals surface area contributed by atoms with Crippen molar-refractivity contribution in [2.75, 3.05) is 33.8 Å². The van der Waals surface area contributed by atoms with Crippen LogP contribution in [0.3, 0.4) is 0 Å². The van der Waals surface area contributed by atoms with Gasteiger partial charge in [-0.2, -0.15) is 4.41 Å². The van der Waals surface area contributed by atoms with Gasteiger partial charge in [-0.05, 0) is 39.4 Å². The third-order valence-electron chi connectivity index (χ3n) is 2.53. The van der Waals surface area contributed by atoms with Crippen LogP contribution < -0.4 is 5.43 Å². The summed E-state index contributed by atoms with van der Waals surface area (Å²) in [5.74, 6) is 0. The normalized spacial score (nSPS) is 20.0. The predicted molar refractivity (Wildman–Crippen MR) is 65.3 cm³/mol. The molecule has 1 fully saturated rings. The first-order chi connectivity index (χ1) is 7.22. The number of nitrogens with zero attached hydrogens (tertiary/aromatic N) is 2. The second-order valence-corrected chi connectivity index (χ2v) is 5.03. The molecule has 4 nitrogen and oxygen atoms in total. The van der Waals surface area contributed by atoms with Crippen LogP contribution in [0.1, 0.15) is 26.2 Å². The topological polar surface area (TPSA) is 27.7 Å². The van der Waals surface area contributed by atoms with E-state index in [1.165, 1.54) is 38.2 Å². The first kappa shape index (κ1) is 13.3. The highest BCUT2D eigenvalue weighted by atomic mass is 32.2. The van der Waals surface area contributed by atoms with Crippen molar-refractivity contribution >= 4 is 12.2 Å². The highest BCUT2D eigenvalue weighted by Crippen LogP contribution is 2.12. The highest BCUT2D eigenvalue weighted by Gasteiger charge is 2.17. The van der Waals surface area contributed by atoms with Gasteiger partial charge in [0.25, 0.3) is 0 Å². The molecule has 0 saturated carbocycles. The minimum Gasteiger partial charge on any atom is -0.306 e. The lowest BCUT2D eigenvalue weighted by Crippen LogP contribution is -2.45. The minimum atomic E-state index is 0.601. The van der Waals surface area contributed by atoms with E-state index in [0.29, 0.717) is 6.04 Å². The molecule has 1 saturated heterocycles. The molecule has 15 heavy (non-hydrogen) atoms. The summed E-state index contributed by atoms with van der Waals surface area (Å²) < 4.78 is 7.35. The first-order valence-corrected chi connectivity index (χ1v) is 6.40. The van der Waals surface area contributed by atoms with Gasteiger partial charge in [-0.1, -0.05) is 6.92 Å². The van der Waals surface area contributed by atoms with Gasteiger partial charge in [0.1, 0.15) is 0 Å². The van der Waals surface area contributed by atoms with Crippen molar-refractivity contribution in [2.45, 2.75) is 32.2 Å². The van der Waals surface area contributed by atoms with Gasteiger partial charge < -0.3 is 9.08 Å². The Morgan fingerprint density at radius 3 is 2.73 bits per heavy atom. The summed E-state index contributed by atoms with van der Waals surface area (Å²) in [5.41, 5.74) is 3.44. The average Bonchev–Trinajstić information content (AvgIpc) is 2.22. The van der Waals surface area contributed by atoms with Crippen molar-refractivity contribution in [3.8, 4) is 0 Å². The SMILES string of the molecule is CCCOSN(C)NC1CCN(C)CC1. The van der Waals surface area contributed by atoms with Gasteiger partial charge in [0.05, 0.1) is 18.8 Å². The van der Waals surface area contributed by atoms with E-state index in [4.69, 9.17) is 4.18 Å². The van der Waals surface area contributed by atoms with Gasteiger partial charge in [0.15, 0.2) is 0 Å². The van der Waals surface area contributed by atoms with Gasteiger partial charge >= 0.3 is 0 Å². The summed E-state index contributed by atoms with van der Waals surface area (Å²) in [6, 6.07) is 0.601. The van der Waals surface area contributed by atoms with Gasteiger partial charge in [0, 0.05) is 13.1 Å². The van der Waals surface area contributed by atoms with E-state index in [0.717, 1.165) is 13.0 Å². The van der Waals surface area contributed by atoms with E-state index in [-0.39, 0.29) is 0 Å². The Hall–Kier alpha value is 0.190. The van der Waals surface area contributed by atoms with E-state index in [1.807, 2.05) is 11.5 Å². The molecule has 0 aromatic rings. The zero-order valence-electron chi connectivity index (χ0n) is 10.0. The third-order valence-corrected chi connectivity index (χ3v) is 3.14. The standard InChI is InChI=1S/C10H23N3OS/c1-4-9-14-15-13(3)11-10-5-7-12(2)8-6-10/h10-11H,4-9H2,1-3H3. The Balaban J connectivity index is 2.06. The molecule has 0 unspecified atom stereocenters. The molecule has 0 aromatic heterocycles. The Morgan fingerprint density at radius 1 is 1.47 bits per heavy atom. The zero-order chi connectivity index (χ0) is 11.1. The number of hydrogen-bond acceptors (Lipinski definition) is 5. The Kier molecular flexibility index (Phi) is 6.59. The molecule has 0 radical (unpaired) electrons. The Morgan fingerprint density at radius 2 is 2.13 bits per heavy atom. The maximum absolute atomic E-state index is 5.38. The second-order valence-electron chi connectivity index (χ2n) is 4.10. The molecule has 1 N–H and O–H groups in total. The number of likely N-dealkylation sites (tertiary alicyclic amines) is 1. The van der Waals surface area contributed by atoms with Crippen LogP contribution in [0, 0.1) is 0 Å². The molecule has 0 spiro atoms. The molecule has 0 bridgehead atoms. The lowest BCUT2D eigenvalue weighted by molar-refractivity contribution is 0.194. The molecule has 1 aliphatic heterocycles. The van der Waals surface area contributed by atoms with E-state index >= 15 is 0 Å². The highest BCUT2D eigenvalue weighted by molar-refractivity contribution is 7.92. The molecule has 0 atom stereocenters. The van der Waals surface area contributed by atoms with Crippen molar-refractivity contribution in [1.82, 2.24) is 14.7 Å². The van der Waals surface area contributed by atoms with Gasteiger partial charge in [0.2, 0.25) is 0 Å². The maximum atomic E-state index is 5.38. The summed E-state index contributed by atoms with van der Waals surface area (Å²) in [5, 5.41) is 0. The summed E-state index contributed by atoms with van der Waals surface area (Å²) in [7, 11) is 4.19. The first-order valence-electron chi connectivity index (χ1n) is 5.70. The van der Waals surface area contributed by atoms with Crippen LogP contribution in [0.15, 0.2) is 0 Å². The second kappa shape index (κ2) is 7.46. The fourth-order valence-electron chi connectivity index (χ4n) is 1.62. The van der Waals surface area contributed by atoms with E-state index in [2.05, 4.69) is 24.3 Å². The number of hydrazine groups is 1. The number of hydrogen-bond donors (Lipinski definition) is 1. The van der Waals surface area contributed by atoms with Crippen molar-refractivity contribution in [3.63, 3.8) is 0 Å². The maximum Gasteiger partial charge on any atom is 0.0971 e. The van der Waals surface area contributed by atoms with Gasteiger partial charge in [-0.25, -0.2) is 5.43 Å². The number of rotatable bonds is 6. The third kappa shape index (κ3) is 5.73. The van der Waals surface area contributed by atoms with Crippen LogP contribution in [0.4, 0.5) is 0 Å². The Bertz CT molecular complexity index is 163. The molecule has 1 aliphatic rings. The largest absolute Gasteiger partial charge is 0.306 e. The van der Waals surface area contributed by atoms with Crippen molar-refractivity contribution < 1.29 is 4.18 Å². The van der Waals surface area contributed by atoms with Crippen LogP contribution in [0.2, 0.25) is 0 Å². The van der Waals surface area contributed by atoms with E-state index in [9.17, 15) is 0 Å². The van der Waals surface area contributed by atoms with Crippen molar-refractivity contribution in [3.05, 3.63) is 0 Å². The van der Waals surface area contributed by atoms with Crippen LogP contribution in [0.5, 0.6) is 0 Å². The summed E-state index contributed by atoms with van der Waals surface area (Å²) >= 11 is 1.40. The monoisotopic (exact) mass is 233 g/mol. The molecule has 0 aliphatic carbocycles. The summed E-state index contributed by atoms with van der Waals surface area (Å²) in [6.45, 7) is 5.30. The number of piperidine rings is 1. The van der Waals surface area contributed by atoms with Gasteiger partial charge in [-0.15, -0.1) is 0 Å². The molecule has 0 amide bonds. The van der Waals surface area contributed by atoms with Crippen molar-refractivity contribution in [2.24, 2.45) is 0 Å². The van der Waals surface area contributed by atoms with Crippen molar-refractivity contribution in [1.29, 1.82) is 0 Å². The molecular weight excluding hydrogens is 210 g/mol. The smallest absolute Gasteiger partial charge is 0.0971 e. The Labute approximate surface area is 97.6 Å². The fourth-order valence-corrected chi connectivity index (χ4v) is 2.21. The van der Waals surface area contributed by atoms with Gasteiger partial charge in [-0.3, -0.25) is 0 Å². The average molecular weight is 233 g/mol. The number of nitrogens with one attached hydrogen (secondary N) is 1. The summed E-state index contributed by atoms with van der Waals surface area (Å²) in [4.78, 5) is 2.37. The molecule has 5 heteroatoms. The lowest BCUT2D eigenvalue weighted by Gasteiger charge is -2.31. The lowest BCUT2D eigenvalue weighted by atomic mass is 10.1.